The number of nitrogens with two attached hydrogens (primary N) is 2. The van der Waals surface area contributed by atoms with E-state index in [0.29, 0.717) is 36.4 Å². The summed E-state index contributed by atoms with van der Waals surface area (Å²) in [4.78, 5) is 22.6. The molecule has 1 rings (SSSR count). The molecule has 1 aromatic carbocycles. The third kappa shape index (κ3) is 3.74. The van der Waals surface area contributed by atoms with Gasteiger partial charge >= 0.3 is 0 Å². The second kappa shape index (κ2) is 6.61. The molecule has 0 saturated heterocycles. The Morgan fingerprint density at radius 3 is 2.67 bits per heavy atom. The maximum Gasteiger partial charge on any atom is 0.248 e. The van der Waals surface area contributed by atoms with Gasteiger partial charge in [-0.25, -0.2) is 0 Å². The van der Waals surface area contributed by atoms with Gasteiger partial charge in [0.15, 0.2) is 0 Å². The van der Waals surface area contributed by atoms with E-state index < -0.39 is 5.91 Å². The first-order valence-corrected chi connectivity index (χ1v) is 5.56. The number of nitrogens with one attached hydrogen (secondary N) is 1. The van der Waals surface area contributed by atoms with E-state index in [0.717, 1.165) is 0 Å². The summed E-state index contributed by atoms with van der Waals surface area (Å²) in [7, 11) is 1.48. The zero-order valence-corrected chi connectivity index (χ0v) is 10.2. The monoisotopic (exact) mass is 251 g/mol. The molecule has 0 atom stereocenters. The van der Waals surface area contributed by atoms with Crippen LogP contribution in [-0.2, 0) is 4.79 Å². The van der Waals surface area contributed by atoms with Crippen molar-refractivity contribution in [3.63, 3.8) is 0 Å². The number of carbonyl (C=O) groups excluding carboxylic acids is 2. The van der Waals surface area contributed by atoms with E-state index in [9.17, 15) is 9.59 Å². The predicted octanol–water partition coefficient (Wildman–Crippen LogP) is 0.471. The van der Waals surface area contributed by atoms with Gasteiger partial charge < -0.3 is 21.5 Å². The molecule has 0 spiro atoms. The van der Waals surface area contributed by atoms with Gasteiger partial charge in [0.05, 0.1) is 12.8 Å². The van der Waals surface area contributed by atoms with Crippen LogP contribution in [0.4, 0.5) is 5.69 Å². The summed E-state index contributed by atoms with van der Waals surface area (Å²) in [5.74, 6) is -0.267. The minimum Gasteiger partial charge on any atom is -0.495 e. The lowest BCUT2D eigenvalue weighted by atomic mass is 10.1. The van der Waals surface area contributed by atoms with Crippen LogP contribution in [0.2, 0.25) is 0 Å². The van der Waals surface area contributed by atoms with Crippen LogP contribution >= 0.6 is 0 Å². The first-order chi connectivity index (χ1) is 8.58. The summed E-state index contributed by atoms with van der Waals surface area (Å²) in [6.45, 7) is 0.450. The highest BCUT2D eigenvalue weighted by molar-refractivity contribution is 5.97. The van der Waals surface area contributed by atoms with Crippen molar-refractivity contribution in [2.24, 2.45) is 11.5 Å². The van der Waals surface area contributed by atoms with Crippen molar-refractivity contribution in [2.45, 2.75) is 12.8 Å². The average Bonchev–Trinajstić information content (AvgIpc) is 2.36. The summed E-state index contributed by atoms with van der Waals surface area (Å²) in [5.41, 5.74) is 11.2. The largest absolute Gasteiger partial charge is 0.495 e. The Labute approximate surface area is 105 Å². The molecule has 6 nitrogen and oxygen atoms in total. The number of methoxy groups -OCH3 is 1. The van der Waals surface area contributed by atoms with Crippen molar-refractivity contribution in [2.75, 3.05) is 19.0 Å². The molecule has 2 amide bonds. The molecule has 0 aliphatic rings. The van der Waals surface area contributed by atoms with Crippen molar-refractivity contribution in [3.05, 3.63) is 23.8 Å². The van der Waals surface area contributed by atoms with E-state index in [2.05, 4.69) is 5.32 Å². The van der Waals surface area contributed by atoms with Crippen LogP contribution in [0.25, 0.3) is 0 Å². The molecule has 0 aromatic heterocycles. The molecule has 0 radical (unpaired) electrons. The molecule has 0 aliphatic heterocycles. The second-order valence-corrected chi connectivity index (χ2v) is 3.72. The van der Waals surface area contributed by atoms with E-state index in [-0.39, 0.29) is 5.91 Å². The van der Waals surface area contributed by atoms with Crippen LogP contribution in [0.3, 0.4) is 0 Å². The van der Waals surface area contributed by atoms with Crippen molar-refractivity contribution < 1.29 is 14.3 Å². The van der Waals surface area contributed by atoms with Gasteiger partial charge in [-0.2, -0.15) is 0 Å². The SMILES string of the molecule is COc1ccc(C(N)=O)cc1NC(=O)CCCN. The summed E-state index contributed by atoms with van der Waals surface area (Å²) in [5, 5.41) is 2.66. The first kappa shape index (κ1) is 14.0. The number of benzene rings is 1. The Morgan fingerprint density at radius 1 is 1.39 bits per heavy atom. The van der Waals surface area contributed by atoms with Crippen LogP contribution in [0.1, 0.15) is 23.2 Å². The van der Waals surface area contributed by atoms with Gasteiger partial charge in [0.2, 0.25) is 11.8 Å². The summed E-state index contributed by atoms with van der Waals surface area (Å²) in [6, 6.07) is 4.61. The maximum atomic E-state index is 11.6. The van der Waals surface area contributed by atoms with Gasteiger partial charge in [0.1, 0.15) is 5.75 Å². The topological polar surface area (TPSA) is 107 Å². The van der Waals surface area contributed by atoms with Crippen LogP contribution in [0.15, 0.2) is 18.2 Å². The maximum absolute atomic E-state index is 11.6. The van der Waals surface area contributed by atoms with E-state index >= 15 is 0 Å². The fraction of sp³-hybridized carbons (Fsp3) is 0.333. The summed E-state index contributed by atoms with van der Waals surface area (Å²) in [6.07, 6.45) is 0.921. The molecule has 0 unspecified atom stereocenters. The lowest BCUT2D eigenvalue weighted by molar-refractivity contribution is -0.116. The number of rotatable bonds is 6. The Balaban J connectivity index is 2.87. The minimum atomic E-state index is -0.560. The van der Waals surface area contributed by atoms with Crippen molar-refractivity contribution in [3.8, 4) is 5.75 Å². The third-order valence-electron chi connectivity index (χ3n) is 2.37. The quantitative estimate of drug-likeness (QED) is 0.683. The smallest absolute Gasteiger partial charge is 0.248 e. The number of ether oxygens (including phenoxy) is 1. The number of primary amides is 1. The van der Waals surface area contributed by atoms with Gasteiger partial charge in [0, 0.05) is 12.0 Å². The standard InChI is InChI=1S/C12H17N3O3/c1-18-10-5-4-8(12(14)17)7-9(10)15-11(16)3-2-6-13/h4-5,7H,2-3,6,13H2,1H3,(H2,14,17)(H,15,16). The number of hydrogen-bond acceptors (Lipinski definition) is 4. The van der Waals surface area contributed by atoms with Crippen LogP contribution in [0, 0.1) is 0 Å². The van der Waals surface area contributed by atoms with Crippen LogP contribution in [0.5, 0.6) is 5.75 Å². The van der Waals surface area contributed by atoms with E-state index in [1.165, 1.54) is 19.2 Å². The highest BCUT2D eigenvalue weighted by atomic mass is 16.5. The highest BCUT2D eigenvalue weighted by Gasteiger charge is 2.10. The molecule has 98 valence electrons. The van der Waals surface area contributed by atoms with Crippen LogP contribution < -0.4 is 21.5 Å². The molecule has 1 aromatic rings. The van der Waals surface area contributed by atoms with E-state index in [1.807, 2.05) is 0 Å². The second-order valence-electron chi connectivity index (χ2n) is 3.72. The summed E-state index contributed by atoms with van der Waals surface area (Å²) >= 11 is 0. The third-order valence-corrected chi connectivity index (χ3v) is 2.37. The lowest BCUT2D eigenvalue weighted by Gasteiger charge is -2.11. The molecular weight excluding hydrogens is 234 g/mol. The molecule has 0 bridgehead atoms. The Bertz CT molecular complexity index is 446. The molecule has 0 saturated carbocycles. The molecule has 0 fully saturated rings. The number of amides is 2. The van der Waals surface area contributed by atoms with E-state index in [1.54, 1.807) is 6.07 Å². The normalized spacial score (nSPS) is 9.89. The molecule has 18 heavy (non-hydrogen) atoms. The van der Waals surface area contributed by atoms with E-state index in [4.69, 9.17) is 16.2 Å². The molecule has 0 aliphatic carbocycles. The Hall–Kier alpha value is -2.08. The molecule has 5 N–H and O–H groups in total. The Kier molecular flexibility index (Phi) is 5.13. The van der Waals surface area contributed by atoms with Gasteiger partial charge in [-0.15, -0.1) is 0 Å². The Morgan fingerprint density at radius 2 is 2.11 bits per heavy atom. The van der Waals surface area contributed by atoms with Crippen molar-refractivity contribution >= 4 is 17.5 Å². The fourth-order valence-corrected chi connectivity index (χ4v) is 1.43. The zero-order valence-electron chi connectivity index (χ0n) is 10.2. The first-order valence-electron chi connectivity index (χ1n) is 5.56. The van der Waals surface area contributed by atoms with Crippen molar-refractivity contribution in [1.82, 2.24) is 0 Å². The molecular formula is C12H17N3O3. The molecule has 0 heterocycles. The van der Waals surface area contributed by atoms with Gasteiger partial charge in [-0.05, 0) is 31.2 Å². The number of carbonyl (C=O) groups is 2. The van der Waals surface area contributed by atoms with Gasteiger partial charge in [-0.3, -0.25) is 9.59 Å². The van der Waals surface area contributed by atoms with Gasteiger partial charge in [-0.1, -0.05) is 0 Å². The lowest BCUT2D eigenvalue weighted by Crippen LogP contribution is -2.16. The van der Waals surface area contributed by atoms with Gasteiger partial charge in [0.25, 0.3) is 0 Å². The summed E-state index contributed by atoms with van der Waals surface area (Å²) < 4.78 is 5.09. The highest BCUT2D eigenvalue weighted by Crippen LogP contribution is 2.25. The average molecular weight is 251 g/mol. The van der Waals surface area contributed by atoms with Crippen molar-refractivity contribution in [1.29, 1.82) is 0 Å². The fourth-order valence-electron chi connectivity index (χ4n) is 1.43. The van der Waals surface area contributed by atoms with Crippen LogP contribution in [-0.4, -0.2) is 25.5 Å². The molecule has 6 heteroatoms. The number of anilines is 1. The number of hydrogen-bond donors (Lipinski definition) is 3. The predicted molar refractivity (Wildman–Crippen MR) is 68.4 cm³/mol. The zero-order chi connectivity index (χ0) is 13.5. The minimum absolute atomic E-state index is 0.180.